The minimum absolute atomic E-state index is 0.256. The van der Waals surface area contributed by atoms with Crippen LogP contribution in [0.3, 0.4) is 0 Å². The average Bonchev–Trinajstić information content (AvgIpc) is 3.58. The van der Waals surface area contributed by atoms with Gasteiger partial charge in [0.15, 0.2) is 0 Å². The molecule has 4 aromatic rings. The van der Waals surface area contributed by atoms with Crippen LogP contribution in [-0.4, -0.2) is 21.1 Å². The monoisotopic (exact) mass is 462 g/mol. The summed E-state index contributed by atoms with van der Waals surface area (Å²) in [6.45, 7) is 0.339. The maximum atomic E-state index is 13.1. The summed E-state index contributed by atoms with van der Waals surface area (Å²) in [7, 11) is 0. The fourth-order valence-electron chi connectivity index (χ4n) is 3.51. The van der Waals surface area contributed by atoms with E-state index in [9.17, 15) is 4.79 Å². The van der Waals surface area contributed by atoms with E-state index >= 15 is 0 Å². The summed E-state index contributed by atoms with van der Waals surface area (Å²) in [6.07, 6.45) is 5.74. The second kappa shape index (κ2) is 9.06. The molecular weight excluding hydrogens is 444 g/mol. The van der Waals surface area contributed by atoms with E-state index in [0.29, 0.717) is 33.4 Å². The summed E-state index contributed by atoms with van der Waals surface area (Å²) in [6, 6.07) is 17.3. The molecule has 0 saturated heterocycles. The number of anilines is 1. The highest BCUT2D eigenvalue weighted by Gasteiger charge is 2.27. The number of hydrogen-bond acceptors (Lipinski definition) is 6. The SMILES string of the molecule is O=C(Nc1nnc(OCc2ccc(Cl)cc2)s1)c1ccncc1-c1ccccc1C1CC1. The molecule has 0 spiro atoms. The first kappa shape index (κ1) is 20.6. The van der Waals surface area contributed by atoms with Crippen molar-refractivity contribution < 1.29 is 9.53 Å². The average molecular weight is 463 g/mol. The van der Waals surface area contributed by atoms with Gasteiger partial charge in [-0.15, -0.1) is 5.10 Å². The summed E-state index contributed by atoms with van der Waals surface area (Å²) in [5, 5.41) is 12.3. The molecule has 5 rings (SSSR count). The second-order valence-electron chi connectivity index (χ2n) is 7.53. The van der Waals surface area contributed by atoms with Crippen LogP contribution >= 0.6 is 22.9 Å². The van der Waals surface area contributed by atoms with E-state index in [-0.39, 0.29) is 5.91 Å². The number of carbonyl (C=O) groups excluding carboxylic acids is 1. The number of nitrogens with one attached hydrogen (secondary N) is 1. The van der Waals surface area contributed by atoms with Crippen LogP contribution in [0.1, 0.15) is 40.2 Å². The summed E-state index contributed by atoms with van der Waals surface area (Å²) in [4.78, 5) is 17.3. The van der Waals surface area contributed by atoms with Crippen LogP contribution in [0.2, 0.25) is 5.02 Å². The molecule has 1 N–H and O–H groups in total. The largest absolute Gasteiger partial charge is 0.464 e. The Kier molecular flexibility index (Phi) is 5.83. The van der Waals surface area contributed by atoms with Gasteiger partial charge in [-0.05, 0) is 65.0 Å². The van der Waals surface area contributed by atoms with Crippen molar-refractivity contribution in [3.05, 3.63) is 88.7 Å². The number of aromatic nitrogens is 3. The van der Waals surface area contributed by atoms with Crippen molar-refractivity contribution in [2.45, 2.75) is 25.4 Å². The van der Waals surface area contributed by atoms with Crippen molar-refractivity contribution in [2.24, 2.45) is 0 Å². The van der Waals surface area contributed by atoms with E-state index in [1.807, 2.05) is 24.3 Å². The van der Waals surface area contributed by atoms with Crippen molar-refractivity contribution in [2.75, 3.05) is 5.32 Å². The van der Waals surface area contributed by atoms with E-state index in [4.69, 9.17) is 16.3 Å². The summed E-state index contributed by atoms with van der Waals surface area (Å²) < 4.78 is 5.68. The quantitative estimate of drug-likeness (QED) is 0.366. The van der Waals surface area contributed by atoms with Crippen LogP contribution in [-0.2, 0) is 6.61 Å². The van der Waals surface area contributed by atoms with E-state index in [1.165, 1.54) is 29.7 Å². The Morgan fingerprint density at radius 1 is 1.06 bits per heavy atom. The van der Waals surface area contributed by atoms with Crippen molar-refractivity contribution in [3.63, 3.8) is 0 Å². The molecule has 0 bridgehead atoms. The van der Waals surface area contributed by atoms with Gasteiger partial charge in [0.25, 0.3) is 11.1 Å². The number of benzene rings is 2. The summed E-state index contributed by atoms with van der Waals surface area (Å²) in [5.74, 6) is 0.305. The fourth-order valence-corrected chi connectivity index (χ4v) is 4.22. The third-order valence-electron chi connectivity index (χ3n) is 5.24. The molecule has 6 nitrogen and oxygen atoms in total. The molecule has 0 unspecified atom stereocenters. The molecule has 1 aliphatic carbocycles. The standard InChI is InChI=1S/C24H19ClN4O2S/c25-17-9-5-15(6-10-17)14-31-24-29-28-23(32-24)27-22(30)20-11-12-26-13-21(20)19-4-2-1-3-18(19)16-7-8-16/h1-6,9-13,16H,7-8,14H2,(H,27,28,30). The van der Waals surface area contributed by atoms with E-state index in [0.717, 1.165) is 16.7 Å². The molecule has 32 heavy (non-hydrogen) atoms. The smallest absolute Gasteiger partial charge is 0.296 e. The molecule has 8 heteroatoms. The molecule has 1 saturated carbocycles. The molecule has 2 aromatic carbocycles. The molecule has 0 radical (unpaired) electrons. The van der Waals surface area contributed by atoms with Crippen LogP contribution < -0.4 is 10.1 Å². The normalized spacial score (nSPS) is 13.0. The van der Waals surface area contributed by atoms with Gasteiger partial charge in [0.2, 0.25) is 5.13 Å². The maximum absolute atomic E-state index is 13.1. The topological polar surface area (TPSA) is 77.0 Å². The van der Waals surface area contributed by atoms with Crippen molar-refractivity contribution in [3.8, 4) is 16.3 Å². The zero-order chi connectivity index (χ0) is 21.9. The van der Waals surface area contributed by atoms with E-state index in [1.54, 1.807) is 30.6 Å². The number of pyridine rings is 1. The van der Waals surface area contributed by atoms with E-state index < -0.39 is 0 Å². The van der Waals surface area contributed by atoms with Crippen LogP contribution in [0.25, 0.3) is 11.1 Å². The number of halogens is 1. The predicted molar refractivity (Wildman–Crippen MR) is 125 cm³/mol. The van der Waals surface area contributed by atoms with Crippen molar-refractivity contribution in [1.29, 1.82) is 0 Å². The van der Waals surface area contributed by atoms with Gasteiger partial charge in [-0.1, -0.05) is 53.1 Å². The predicted octanol–water partition coefficient (Wildman–Crippen LogP) is 5.96. The lowest BCUT2D eigenvalue weighted by atomic mass is 9.94. The van der Waals surface area contributed by atoms with Gasteiger partial charge < -0.3 is 4.74 Å². The van der Waals surface area contributed by atoms with Gasteiger partial charge in [-0.25, -0.2) is 0 Å². The highest BCUT2D eigenvalue weighted by molar-refractivity contribution is 7.17. The lowest BCUT2D eigenvalue weighted by molar-refractivity contribution is 0.102. The highest BCUT2D eigenvalue weighted by atomic mass is 35.5. The minimum atomic E-state index is -0.256. The second-order valence-corrected chi connectivity index (χ2v) is 8.90. The molecule has 2 heterocycles. The van der Waals surface area contributed by atoms with E-state index in [2.05, 4.69) is 32.6 Å². The van der Waals surface area contributed by atoms with Gasteiger partial charge in [0.1, 0.15) is 6.61 Å². The number of carbonyl (C=O) groups is 1. The van der Waals surface area contributed by atoms with Gasteiger partial charge in [-0.3, -0.25) is 15.1 Å². The highest BCUT2D eigenvalue weighted by Crippen LogP contribution is 2.44. The molecule has 160 valence electrons. The van der Waals surface area contributed by atoms with Crippen LogP contribution in [0.5, 0.6) is 5.19 Å². The zero-order valence-electron chi connectivity index (χ0n) is 17.0. The lowest BCUT2D eigenvalue weighted by Gasteiger charge is -2.12. The molecule has 0 atom stereocenters. The maximum Gasteiger partial charge on any atom is 0.296 e. The van der Waals surface area contributed by atoms with Gasteiger partial charge in [-0.2, -0.15) is 0 Å². The molecular formula is C24H19ClN4O2S. The Morgan fingerprint density at radius 2 is 1.88 bits per heavy atom. The number of ether oxygens (including phenoxy) is 1. The molecule has 0 aliphatic heterocycles. The number of nitrogens with zero attached hydrogens (tertiary/aromatic N) is 3. The van der Waals surface area contributed by atoms with Gasteiger partial charge in [0.05, 0.1) is 5.56 Å². The van der Waals surface area contributed by atoms with Crippen LogP contribution in [0, 0.1) is 0 Å². The zero-order valence-corrected chi connectivity index (χ0v) is 18.6. The molecule has 1 aliphatic rings. The number of hydrogen-bond donors (Lipinski definition) is 1. The Bertz CT molecular complexity index is 1250. The van der Waals surface area contributed by atoms with Crippen LogP contribution in [0.15, 0.2) is 67.0 Å². The Balaban J connectivity index is 1.31. The molecule has 1 amide bonds. The Labute approximate surface area is 194 Å². The minimum Gasteiger partial charge on any atom is -0.464 e. The first-order chi connectivity index (χ1) is 15.7. The number of rotatable bonds is 7. The summed E-state index contributed by atoms with van der Waals surface area (Å²) in [5.41, 5.74) is 4.65. The first-order valence-corrected chi connectivity index (χ1v) is 11.4. The first-order valence-electron chi connectivity index (χ1n) is 10.2. The van der Waals surface area contributed by atoms with Gasteiger partial charge in [0, 0.05) is 23.0 Å². The Hall–Kier alpha value is -3.29. The fraction of sp³-hybridized carbons (Fsp3) is 0.167. The lowest BCUT2D eigenvalue weighted by Crippen LogP contribution is -2.13. The molecule has 1 fully saturated rings. The van der Waals surface area contributed by atoms with Crippen molar-refractivity contribution >= 4 is 34.0 Å². The van der Waals surface area contributed by atoms with Crippen molar-refractivity contribution in [1.82, 2.24) is 15.2 Å². The third-order valence-corrected chi connectivity index (χ3v) is 6.24. The summed E-state index contributed by atoms with van der Waals surface area (Å²) >= 11 is 7.08. The number of amides is 1. The third kappa shape index (κ3) is 4.64. The van der Waals surface area contributed by atoms with Gasteiger partial charge >= 0.3 is 0 Å². The molecule has 2 aromatic heterocycles. The van der Waals surface area contributed by atoms with Crippen LogP contribution in [0.4, 0.5) is 5.13 Å². The Morgan fingerprint density at radius 3 is 2.69 bits per heavy atom.